The Balaban J connectivity index is 1.56. The van der Waals surface area contributed by atoms with Crippen molar-refractivity contribution in [3.8, 4) is 5.75 Å². The molecule has 3 heteroatoms. The number of rotatable bonds is 3. The number of fused-ring (bicyclic) bond motifs is 1. The summed E-state index contributed by atoms with van der Waals surface area (Å²) in [6, 6.07) is 6.59. The van der Waals surface area contributed by atoms with Crippen molar-refractivity contribution >= 4 is 10.9 Å². The van der Waals surface area contributed by atoms with Crippen LogP contribution >= 0.6 is 0 Å². The lowest BCUT2D eigenvalue weighted by atomic mass is 9.89. The van der Waals surface area contributed by atoms with Gasteiger partial charge in [0.2, 0.25) is 0 Å². The van der Waals surface area contributed by atoms with Crippen molar-refractivity contribution in [1.29, 1.82) is 0 Å². The van der Waals surface area contributed by atoms with Gasteiger partial charge in [0.15, 0.2) is 0 Å². The zero-order valence-electron chi connectivity index (χ0n) is 14.2. The Kier molecular flexibility index (Phi) is 4.30. The average molecular weight is 312 g/mol. The Morgan fingerprint density at radius 3 is 2.61 bits per heavy atom. The molecule has 2 aliphatic rings. The normalized spacial score (nSPS) is 21.8. The van der Waals surface area contributed by atoms with E-state index in [1.54, 1.807) is 0 Å². The van der Waals surface area contributed by atoms with Gasteiger partial charge in [-0.05, 0) is 88.3 Å². The van der Waals surface area contributed by atoms with E-state index in [0.717, 1.165) is 5.75 Å². The number of aromatic amines is 1. The van der Waals surface area contributed by atoms with Crippen molar-refractivity contribution in [2.24, 2.45) is 0 Å². The Bertz CT molecular complexity index is 649. The van der Waals surface area contributed by atoms with Gasteiger partial charge in [0.25, 0.3) is 0 Å². The van der Waals surface area contributed by atoms with Crippen molar-refractivity contribution in [1.82, 2.24) is 9.88 Å². The first kappa shape index (κ1) is 15.1. The highest BCUT2D eigenvalue weighted by Gasteiger charge is 2.21. The van der Waals surface area contributed by atoms with Crippen LogP contribution in [0.5, 0.6) is 5.75 Å². The van der Waals surface area contributed by atoms with Gasteiger partial charge in [-0.25, -0.2) is 0 Å². The highest BCUT2D eigenvalue weighted by molar-refractivity contribution is 5.85. The quantitative estimate of drug-likeness (QED) is 0.890. The number of aromatic nitrogens is 1. The molecule has 1 aliphatic heterocycles. The van der Waals surface area contributed by atoms with Crippen LogP contribution in [0.1, 0.15) is 56.4 Å². The minimum absolute atomic E-state index is 0.423. The molecular formula is C20H28N2O. The number of H-pyrrole nitrogens is 1. The molecular weight excluding hydrogens is 284 g/mol. The van der Waals surface area contributed by atoms with Gasteiger partial charge in [0, 0.05) is 17.1 Å². The molecule has 4 rings (SSSR count). The molecule has 1 saturated heterocycles. The Hall–Kier alpha value is -1.48. The number of nitrogens with one attached hydrogen (secondary N) is 1. The summed E-state index contributed by atoms with van der Waals surface area (Å²) < 4.78 is 6.27. The van der Waals surface area contributed by atoms with Crippen molar-refractivity contribution in [3.05, 3.63) is 30.0 Å². The van der Waals surface area contributed by atoms with E-state index in [2.05, 4.69) is 41.3 Å². The van der Waals surface area contributed by atoms with Gasteiger partial charge in [-0.3, -0.25) is 0 Å². The molecule has 2 fully saturated rings. The Morgan fingerprint density at radius 1 is 1.04 bits per heavy atom. The third-order valence-electron chi connectivity index (χ3n) is 5.70. The number of benzene rings is 1. The summed E-state index contributed by atoms with van der Waals surface area (Å²) in [7, 11) is 2.22. The van der Waals surface area contributed by atoms with Gasteiger partial charge in [0.1, 0.15) is 5.75 Å². The number of piperidine rings is 1. The van der Waals surface area contributed by atoms with Crippen molar-refractivity contribution in [2.45, 2.75) is 57.0 Å². The summed E-state index contributed by atoms with van der Waals surface area (Å²) in [6.07, 6.45) is 11.6. The molecule has 1 N–H and O–H groups in total. The van der Waals surface area contributed by atoms with Gasteiger partial charge in [-0.2, -0.15) is 0 Å². The van der Waals surface area contributed by atoms with Crippen LogP contribution in [-0.2, 0) is 0 Å². The topological polar surface area (TPSA) is 28.3 Å². The number of ether oxygens (including phenoxy) is 1. The highest BCUT2D eigenvalue weighted by Crippen LogP contribution is 2.35. The van der Waals surface area contributed by atoms with Gasteiger partial charge in [-0.1, -0.05) is 6.42 Å². The van der Waals surface area contributed by atoms with Crippen LogP contribution in [0.15, 0.2) is 24.4 Å². The zero-order valence-corrected chi connectivity index (χ0v) is 14.2. The molecule has 1 aromatic heterocycles. The summed E-state index contributed by atoms with van der Waals surface area (Å²) in [5.41, 5.74) is 2.73. The molecule has 0 atom stereocenters. The van der Waals surface area contributed by atoms with Crippen molar-refractivity contribution < 1.29 is 4.74 Å². The number of nitrogens with zero attached hydrogens (tertiary/aromatic N) is 1. The van der Waals surface area contributed by atoms with Crippen LogP contribution in [0.2, 0.25) is 0 Å². The fraction of sp³-hybridized carbons (Fsp3) is 0.600. The lowest BCUT2D eigenvalue weighted by Crippen LogP contribution is -2.29. The van der Waals surface area contributed by atoms with Gasteiger partial charge in [0.05, 0.1) is 6.10 Å². The van der Waals surface area contributed by atoms with Crippen LogP contribution in [0.4, 0.5) is 0 Å². The minimum atomic E-state index is 0.423. The molecule has 0 unspecified atom stereocenters. The number of likely N-dealkylation sites (tertiary alicyclic amines) is 1. The van der Waals surface area contributed by atoms with E-state index in [9.17, 15) is 0 Å². The highest BCUT2D eigenvalue weighted by atomic mass is 16.5. The molecule has 1 aliphatic carbocycles. The lowest BCUT2D eigenvalue weighted by molar-refractivity contribution is 0.155. The van der Waals surface area contributed by atoms with Crippen LogP contribution in [0.25, 0.3) is 10.9 Å². The van der Waals surface area contributed by atoms with E-state index < -0.39 is 0 Å². The van der Waals surface area contributed by atoms with Crippen LogP contribution in [-0.4, -0.2) is 36.1 Å². The Labute approximate surface area is 139 Å². The summed E-state index contributed by atoms with van der Waals surface area (Å²) >= 11 is 0. The monoisotopic (exact) mass is 312 g/mol. The van der Waals surface area contributed by atoms with E-state index in [4.69, 9.17) is 4.74 Å². The predicted octanol–water partition coefficient (Wildman–Crippen LogP) is 4.69. The number of hydrogen-bond acceptors (Lipinski definition) is 2. The summed E-state index contributed by atoms with van der Waals surface area (Å²) in [6.45, 7) is 2.41. The van der Waals surface area contributed by atoms with Gasteiger partial charge >= 0.3 is 0 Å². The molecule has 0 bridgehead atoms. The molecule has 1 saturated carbocycles. The average Bonchev–Trinajstić information content (AvgIpc) is 3.00. The van der Waals surface area contributed by atoms with E-state index in [1.165, 1.54) is 74.5 Å². The first-order chi connectivity index (χ1) is 11.3. The standard InChI is InChI=1S/C20H28N2O/c1-22-11-9-15(10-12-22)19-14-21-20-8-7-17(13-18(19)20)23-16-5-3-2-4-6-16/h7-8,13-16,21H,2-6,9-12H2,1H3. The van der Waals surface area contributed by atoms with Gasteiger partial charge in [-0.15, -0.1) is 0 Å². The second kappa shape index (κ2) is 6.56. The fourth-order valence-corrected chi connectivity index (χ4v) is 4.23. The van der Waals surface area contributed by atoms with Crippen LogP contribution in [0, 0.1) is 0 Å². The van der Waals surface area contributed by atoms with E-state index >= 15 is 0 Å². The van der Waals surface area contributed by atoms with Crippen molar-refractivity contribution in [3.63, 3.8) is 0 Å². The molecule has 124 valence electrons. The molecule has 0 radical (unpaired) electrons. The molecule has 2 heterocycles. The van der Waals surface area contributed by atoms with E-state index in [1.807, 2.05) is 0 Å². The first-order valence-electron chi connectivity index (χ1n) is 9.26. The van der Waals surface area contributed by atoms with Crippen LogP contribution < -0.4 is 4.74 Å². The largest absolute Gasteiger partial charge is 0.490 e. The van der Waals surface area contributed by atoms with Gasteiger partial charge < -0.3 is 14.6 Å². The fourth-order valence-electron chi connectivity index (χ4n) is 4.23. The minimum Gasteiger partial charge on any atom is -0.490 e. The SMILES string of the molecule is CN1CCC(c2c[nH]c3ccc(OC4CCCCC4)cc23)CC1. The second-order valence-corrected chi connectivity index (χ2v) is 7.41. The number of hydrogen-bond donors (Lipinski definition) is 1. The zero-order chi connectivity index (χ0) is 15.6. The maximum atomic E-state index is 6.27. The lowest BCUT2D eigenvalue weighted by Gasteiger charge is -2.28. The third-order valence-corrected chi connectivity index (χ3v) is 5.70. The molecule has 1 aromatic carbocycles. The van der Waals surface area contributed by atoms with E-state index in [0.29, 0.717) is 12.0 Å². The molecule has 0 amide bonds. The molecule has 23 heavy (non-hydrogen) atoms. The molecule has 2 aromatic rings. The summed E-state index contributed by atoms with van der Waals surface area (Å²) in [5.74, 6) is 1.74. The molecule has 3 nitrogen and oxygen atoms in total. The van der Waals surface area contributed by atoms with Crippen LogP contribution in [0.3, 0.4) is 0 Å². The maximum Gasteiger partial charge on any atom is 0.120 e. The third kappa shape index (κ3) is 3.25. The second-order valence-electron chi connectivity index (χ2n) is 7.41. The maximum absolute atomic E-state index is 6.27. The summed E-state index contributed by atoms with van der Waals surface area (Å²) in [4.78, 5) is 5.89. The summed E-state index contributed by atoms with van der Waals surface area (Å²) in [5, 5.41) is 1.37. The predicted molar refractivity (Wildman–Crippen MR) is 95.3 cm³/mol. The van der Waals surface area contributed by atoms with E-state index in [-0.39, 0.29) is 0 Å². The first-order valence-corrected chi connectivity index (χ1v) is 9.26. The van der Waals surface area contributed by atoms with Crippen molar-refractivity contribution in [2.75, 3.05) is 20.1 Å². The Morgan fingerprint density at radius 2 is 1.83 bits per heavy atom. The smallest absolute Gasteiger partial charge is 0.120 e. The molecule has 0 spiro atoms.